The molecule has 2 nitrogen and oxygen atoms in total. The van der Waals surface area contributed by atoms with Crippen LogP contribution in [-0.2, 0) is 11.3 Å². The number of ether oxygens (including phenoxy) is 1. The minimum absolute atomic E-state index is 0.187. The van der Waals surface area contributed by atoms with E-state index in [4.69, 9.17) is 16.3 Å². The van der Waals surface area contributed by atoms with Gasteiger partial charge >= 0.3 is 0 Å². The Morgan fingerprint density at radius 3 is 2.71 bits per heavy atom. The van der Waals surface area contributed by atoms with E-state index >= 15 is 0 Å². The average Bonchev–Trinajstić information content (AvgIpc) is 2.29. The predicted octanol–water partition coefficient (Wildman–Crippen LogP) is 3.31. The van der Waals surface area contributed by atoms with Crippen molar-refractivity contribution in [3.63, 3.8) is 0 Å². The Morgan fingerprint density at radius 1 is 1.35 bits per heavy atom. The van der Waals surface area contributed by atoms with Crippen LogP contribution in [0.1, 0.15) is 30.9 Å². The van der Waals surface area contributed by atoms with Gasteiger partial charge in [-0.2, -0.15) is 0 Å². The lowest BCUT2D eigenvalue weighted by Crippen LogP contribution is -2.46. The minimum Gasteiger partial charge on any atom is -0.381 e. The van der Waals surface area contributed by atoms with E-state index in [9.17, 15) is 0 Å². The summed E-state index contributed by atoms with van der Waals surface area (Å²) in [5, 5.41) is 4.46. The maximum Gasteiger partial charge on any atom is 0.0483 e. The molecular weight excluding hydrogens is 234 g/mol. The van der Waals surface area contributed by atoms with Crippen LogP contribution in [-0.4, -0.2) is 18.8 Å². The maximum absolute atomic E-state index is 6.23. The molecule has 1 fully saturated rings. The van der Waals surface area contributed by atoms with Crippen LogP contribution in [0.25, 0.3) is 0 Å². The van der Waals surface area contributed by atoms with Crippen molar-refractivity contribution < 1.29 is 4.74 Å². The Morgan fingerprint density at radius 2 is 2.06 bits per heavy atom. The first-order valence-corrected chi connectivity index (χ1v) is 6.55. The Labute approximate surface area is 108 Å². The molecule has 0 aliphatic carbocycles. The van der Waals surface area contributed by atoms with Gasteiger partial charge in [-0.05, 0) is 43.9 Å². The van der Waals surface area contributed by atoms with Crippen molar-refractivity contribution in [1.82, 2.24) is 5.32 Å². The summed E-state index contributed by atoms with van der Waals surface area (Å²) in [6.45, 7) is 6.85. The number of aryl methyl sites for hydroxylation is 1. The summed E-state index contributed by atoms with van der Waals surface area (Å²) in [7, 11) is 0. The van der Waals surface area contributed by atoms with Crippen LogP contribution < -0.4 is 5.32 Å². The van der Waals surface area contributed by atoms with Gasteiger partial charge in [0.1, 0.15) is 0 Å². The van der Waals surface area contributed by atoms with Gasteiger partial charge < -0.3 is 10.1 Å². The van der Waals surface area contributed by atoms with E-state index in [2.05, 4.69) is 31.3 Å². The summed E-state index contributed by atoms with van der Waals surface area (Å²) in [5.41, 5.74) is 2.56. The van der Waals surface area contributed by atoms with E-state index in [1.165, 1.54) is 11.1 Å². The highest BCUT2D eigenvalue weighted by molar-refractivity contribution is 6.31. The lowest BCUT2D eigenvalue weighted by atomic mass is 9.92. The quantitative estimate of drug-likeness (QED) is 0.893. The Kier molecular flexibility index (Phi) is 4.08. The number of hydrogen-bond donors (Lipinski definition) is 1. The topological polar surface area (TPSA) is 21.3 Å². The number of hydrogen-bond acceptors (Lipinski definition) is 2. The molecule has 0 bridgehead atoms. The molecule has 0 amide bonds. The molecule has 3 heteroatoms. The third-order valence-corrected chi connectivity index (χ3v) is 3.86. The molecule has 0 unspecified atom stereocenters. The van der Waals surface area contributed by atoms with Crippen molar-refractivity contribution in [3.8, 4) is 0 Å². The van der Waals surface area contributed by atoms with E-state index in [-0.39, 0.29) is 5.54 Å². The molecule has 2 rings (SSSR count). The minimum atomic E-state index is 0.187. The van der Waals surface area contributed by atoms with Crippen LogP contribution in [0.4, 0.5) is 0 Å². The molecule has 94 valence electrons. The Hall–Kier alpha value is -0.570. The lowest BCUT2D eigenvalue weighted by Gasteiger charge is -2.34. The summed E-state index contributed by atoms with van der Waals surface area (Å²) >= 11 is 6.23. The molecule has 0 radical (unpaired) electrons. The third kappa shape index (κ3) is 3.44. The van der Waals surface area contributed by atoms with E-state index in [0.29, 0.717) is 0 Å². The fourth-order valence-corrected chi connectivity index (χ4v) is 2.40. The van der Waals surface area contributed by atoms with Crippen LogP contribution in [0.5, 0.6) is 0 Å². The van der Waals surface area contributed by atoms with Gasteiger partial charge in [-0.25, -0.2) is 0 Å². The van der Waals surface area contributed by atoms with Gasteiger partial charge in [-0.3, -0.25) is 0 Å². The summed E-state index contributed by atoms with van der Waals surface area (Å²) in [5.74, 6) is 0. The number of rotatable bonds is 3. The van der Waals surface area contributed by atoms with Crippen molar-refractivity contribution in [2.24, 2.45) is 0 Å². The molecule has 0 saturated carbocycles. The van der Waals surface area contributed by atoms with E-state index in [0.717, 1.165) is 37.6 Å². The molecule has 1 heterocycles. The predicted molar refractivity (Wildman–Crippen MR) is 71.5 cm³/mol. The second kappa shape index (κ2) is 5.38. The van der Waals surface area contributed by atoms with Crippen LogP contribution in [0, 0.1) is 6.92 Å². The molecule has 17 heavy (non-hydrogen) atoms. The van der Waals surface area contributed by atoms with E-state index in [1.54, 1.807) is 0 Å². The fourth-order valence-electron chi connectivity index (χ4n) is 2.10. The van der Waals surface area contributed by atoms with Gasteiger partial charge in [-0.15, -0.1) is 0 Å². The van der Waals surface area contributed by atoms with Crippen molar-refractivity contribution in [1.29, 1.82) is 0 Å². The average molecular weight is 254 g/mol. The zero-order valence-corrected chi connectivity index (χ0v) is 11.3. The number of halogens is 1. The number of benzene rings is 1. The van der Waals surface area contributed by atoms with Crippen molar-refractivity contribution in [2.45, 2.75) is 38.8 Å². The second-order valence-electron chi connectivity index (χ2n) is 5.12. The zero-order chi connectivity index (χ0) is 12.3. The first-order chi connectivity index (χ1) is 8.09. The maximum atomic E-state index is 6.23. The molecule has 1 N–H and O–H groups in total. The SMILES string of the molecule is Cc1ccc(CNC2(C)CCOCC2)c(Cl)c1. The van der Waals surface area contributed by atoms with Gasteiger partial charge in [-0.1, -0.05) is 23.7 Å². The third-order valence-electron chi connectivity index (χ3n) is 3.51. The Bertz CT molecular complexity index is 386. The van der Waals surface area contributed by atoms with Crippen molar-refractivity contribution in [2.75, 3.05) is 13.2 Å². The summed E-state index contributed by atoms with van der Waals surface area (Å²) < 4.78 is 5.39. The fraction of sp³-hybridized carbons (Fsp3) is 0.571. The molecule has 1 aromatic rings. The summed E-state index contributed by atoms with van der Waals surface area (Å²) in [6, 6.07) is 6.23. The van der Waals surface area contributed by atoms with Crippen LogP contribution >= 0.6 is 11.6 Å². The van der Waals surface area contributed by atoms with Gasteiger partial charge in [0.2, 0.25) is 0 Å². The van der Waals surface area contributed by atoms with Crippen LogP contribution in [0.2, 0.25) is 5.02 Å². The Balaban J connectivity index is 1.97. The zero-order valence-electron chi connectivity index (χ0n) is 10.6. The largest absolute Gasteiger partial charge is 0.381 e. The lowest BCUT2D eigenvalue weighted by molar-refractivity contribution is 0.0446. The van der Waals surface area contributed by atoms with Gasteiger partial charge in [0.15, 0.2) is 0 Å². The smallest absolute Gasteiger partial charge is 0.0483 e. The van der Waals surface area contributed by atoms with E-state index in [1.807, 2.05) is 6.07 Å². The highest BCUT2D eigenvalue weighted by Gasteiger charge is 2.26. The molecule has 1 saturated heterocycles. The molecule has 0 spiro atoms. The number of nitrogens with one attached hydrogen (secondary N) is 1. The highest BCUT2D eigenvalue weighted by Crippen LogP contribution is 2.22. The van der Waals surface area contributed by atoms with E-state index < -0.39 is 0 Å². The summed E-state index contributed by atoms with van der Waals surface area (Å²) in [4.78, 5) is 0. The normalized spacial score (nSPS) is 19.2. The molecule has 1 aromatic carbocycles. The molecule has 0 aromatic heterocycles. The monoisotopic (exact) mass is 253 g/mol. The second-order valence-corrected chi connectivity index (χ2v) is 5.53. The van der Waals surface area contributed by atoms with Gasteiger partial charge in [0.05, 0.1) is 0 Å². The highest BCUT2D eigenvalue weighted by atomic mass is 35.5. The first kappa shape index (κ1) is 12.9. The van der Waals surface area contributed by atoms with Crippen molar-refractivity contribution >= 4 is 11.6 Å². The van der Waals surface area contributed by atoms with Gasteiger partial charge in [0.25, 0.3) is 0 Å². The standard InChI is InChI=1S/C14H20ClNO/c1-11-3-4-12(13(15)9-11)10-16-14(2)5-7-17-8-6-14/h3-4,9,16H,5-8,10H2,1-2H3. The first-order valence-electron chi connectivity index (χ1n) is 6.17. The molecule has 0 atom stereocenters. The molecule has 1 aliphatic rings. The van der Waals surface area contributed by atoms with Crippen LogP contribution in [0.3, 0.4) is 0 Å². The summed E-state index contributed by atoms with van der Waals surface area (Å²) in [6.07, 6.45) is 2.13. The molecule has 1 aliphatic heterocycles. The van der Waals surface area contributed by atoms with Crippen molar-refractivity contribution in [3.05, 3.63) is 34.3 Å². The van der Waals surface area contributed by atoms with Crippen LogP contribution in [0.15, 0.2) is 18.2 Å². The van der Waals surface area contributed by atoms with Gasteiger partial charge in [0, 0.05) is 30.3 Å². The molecular formula is C14H20ClNO.